The number of nitrogens with one attached hydrogen (secondary N) is 2. The van der Waals surface area contributed by atoms with Crippen LogP contribution in [0.4, 0.5) is 0 Å². The van der Waals surface area contributed by atoms with Crippen molar-refractivity contribution in [3.05, 3.63) is 29.6 Å². The summed E-state index contributed by atoms with van der Waals surface area (Å²) >= 11 is 0. The van der Waals surface area contributed by atoms with E-state index in [9.17, 15) is 10.2 Å². The number of phenolic OH excluding ortho intramolecular Hbond substituents is 2. The highest BCUT2D eigenvalue weighted by molar-refractivity contribution is 5.40. The molecule has 0 fully saturated rings. The van der Waals surface area contributed by atoms with Crippen LogP contribution >= 0.6 is 0 Å². The van der Waals surface area contributed by atoms with Crippen LogP contribution in [0.25, 0.3) is 0 Å². The molecular weight excluding hydrogens is 234 g/mol. The van der Waals surface area contributed by atoms with Crippen LogP contribution in [-0.4, -0.2) is 30.8 Å². The maximum Gasteiger partial charge on any atom is 0.191 e. The van der Waals surface area contributed by atoms with Crippen molar-refractivity contribution in [3.8, 4) is 11.5 Å². The Kier molecular flexibility index (Phi) is 3.42. The van der Waals surface area contributed by atoms with Gasteiger partial charge in [0.05, 0.1) is 6.04 Å². The van der Waals surface area contributed by atoms with E-state index < -0.39 is 0 Å². The van der Waals surface area contributed by atoms with Gasteiger partial charge in [0.1, 0.15) is 11.5 Å². The quantitative estimate of drug-likeness (QED) is 0.644. The van der Waals surface area contributed by atoms with Gasteiger partial charge in [0, 0.05) is 17.7 Å². The molecule has 4 N–H and O–H groups in total. The Labute approximate surface area is 104 Å². The van der Waals surface area contributed by atoms with E-state index >= 15 is 0 Å². The molecule has 0 saturated heterocycles. The van der Waals surface area contributed by atoms with Crippen LogP contribution in [-0.2, 0) is 0 Å². The molecule has 1 aromatic carbocycles. The molecule has 1 heterocycles. The number of hydrogen-bond donors (Lipinski definition) is 4. The summed E-state index contributed by atoms with van der Waals surface area (Å²) < 4.78 is 0. The Bertz CT molecular complexity index is 514. The third-order valence-corrected chi connectivity index (χ3v) is 2.73. The zero-order chi connectivity index (χ0) is 13.1. The molecule has 0 aliphatic carbocycles. The van der Waals surface area contributed by atoms with Crippen LogP contribution in [0.3, 0.4) is 0 Å². The number of tetrazole rings is 1. The molecule has 0 radical (unpaired) electrons. The van der Waals surface area contributed by atoms with Crippen molar-refractivity contribution >= 4 is 0 Å². The number of aromatic hydroxyl groups is 2. The highest BCUT2D eigenvalue weighted by Crippen LogP contribution is 2.28. The van der Waals surface area contributed by atoms with Gasteiger partial charge >= 0.3 is 0 Å². The fraction of sp³-hybridized carbons (Fsp3) is 0.364. The van der Waals surface area contributed by atoms with Crippen molar-refractivity contribution in [2.75, 3.05) is 0 Å². The summed E-state index contributed by atoms with van der Waals surface area (Å²) in [5.41, 5.74) is 0.697. The standard InChI is InChI=1S/C11H15N5O2/c1-6(9-4-3-8(17)5-10(9)18)12-7(2)11-13-15-16-14-11/h3-7,12,17-18H,1-2H3,(H,13,14,15,16). The van der Waals surface area contributed by atoms with Crippen LogP contribution in [0.2, 0.25) is 0 Å². The van der Waals surface area contributed by atoms with Crippen LogP contribution < -0.4 is 5.32 Å². The van der Waals surface area contributed by atoms with Crippen molar-refractivity contribution in [1.82, 2.24) is 25.9 Å². The Morgan fingerprint density at radius 3 is 2.61 bits per heavy atom. The van der Waals surface area contributed by atoms with Crippen LogP contribution in [0.15, 0.2) is 18.2 Å². The average molecular weight is 249 g/mol. The summed E-state index contributed by atoms with van der Waals surface area (Å²) in [6.45, 7) is 3.81. The van der Waals surface area contributed by atoms with Crippen molar-refractivity contribution < 1.29 is 10.2 Å². The second-order valence-corrected chi connectivity index (χ2v) is 4.12. The molecule has 2 aromatic rings. The number of rotatable bonds is 4. The minimum atomic E-state index is -0.112. The van der Waals surface area contributed by atoms with E-state index in [0.717, 1.165) is 0 Å². The number of nitrogens with zero attached hydrogens (tertiary/aromatic N) is 3. The van der Waals surface area contributed by atoms with Gasteiger partial charge in [0.25, 0.3) is 0 Å². The fourth-order valence-corrected chi connectivity index (χ4v) is 1.79. The minimum Gasteiger partial charge on any atom is -0.508 e. The Morgan fingerprint density at radius 1 is 1.22 bits per heavy atom. The summed E-state index contributed by atoms with van der Waals surface area (Å²) in [4.78, 5) is 0. The number of benzene rings is 1. The summed E-state index contributed by atoms with van der Waals surface area (Å²) in [5.74, 6) is 0.644. The molecule has 7 heteroatoms. The van der Waals surface area contributed by atoms with Gasteiger partial charge in [-0.15, -0.1) is 10.2 Å². The van der Waals surface area contributed by atoms with Gasteiger partial charge in [-0.1, -0.05) is 11.3 Å². The molecule has 1 aromatic heterocycles. The maximum atomic E-state index is 9.76. The largest absolute Gasteiger partial charge is 0.508 e. The van der Waals surface area contributed by atoms with Gasteiger partial charge in [-0.25, -0.2) is 0 Å². The summed E-state index contributed by atoms with van der Waals surface area (Å²) in [6.07, 6.45) is 0. The highest BCUT2D eigenvalue weighted by Gasteiger charge is 2.16. The van der Waals surface area contributed by atoms with Gasteiger partial charge in [-0.2, -0.15) is 5.21 Å². The van der Waals surface area contributed by atoms with Gasteiger partial charge in [0.15, 0.2) is 5.82 Å². The lowest BCUT2D eigenvalue weighted by Gasteiger charge is -2.19. The predicted octanol–water partition coefficient (Wildman–Crippen LogP) is 1.02. The molecule has 2 rings (SSSR count). The van der Waals surface area contributed by atoms with Gasteiger partial charge in [0.2, 0.25) is 0 Å². The van der Waals surface area contributed by atoms with Gasteiger partial charge in [-0.05, 0) is 19.9 Å². The zero-order valence-electron chi connectivity index (χ0n) is 10.1. The molecule has 18 heavy (non-hydrogen) atoms. The van der Waals surface area contributed by atoms with Crippen molar-refractivity contribution in [2.24, 2.45) is 0 Å². The number of aromatic amines is 1. The topological polar surface area (TPSA) is 107 Å². The predicted molar refractivity (Wildman–Crippen MR) is 63.9 cm³/mol. The lowest BCUT2D eigenvalue weighted by atomic mass is 10.1. The second kappa shape index (κ2) is 5.01. The van der Waals surface area contributed by atoms with Gasteiger partial charge < -0.3 is 15.5 Å². The first-order valence-electron chi connectivity index (χ1n) is 5.59. The molecule has 0 bridgehead atoms. The third-order valence-electron chi connectivity index (χ3n) is 2.73. The number of hydrogen-bond acceptors (Lipinski definition) is 6. The van der Waals surface area contributed by atoms with E-state index in [2.05, 4.69) is 25.9 Å². The van der Waals surface area contributed by atoms with E-state index in [4.69, 9.17) is 0 Å². The Balaban J connectivity index is 2.10. The molecule has 7 nitrogen and oxygen atoms in total. The molecule has 0 saturated carbocycles. The number of phenols is 2. The second-order valence-electron chi connectivity index (χ2n) is 4.12. The van der Waals surface area contributed by atoms with Gasteiger partial charge in [-0.3, -0.25) is 0 Å². The molecule has 0 aliphatic heterocycles. The SMILES string of the molecule is CC(NC(C)c1ccc(O)cc1O)c1nn[nH]n1. The maximum absolute atomic E-state index is 9.76. The number of H-pyrrole nitrogens is 1. The van der Waals surface area contributed by atoms with E-state index in [0.29, 0.717) is 11.4 Å². The third kappa shape index (κ3) is 2.57. The van der Waals surface area contributed by atoms with E-state index in [1.807, 2.05) is 13.8 Å². The van der Waals surface area contributed by atoms with E-state index in [1.165, 1.54) is 12.1 Å². The molecule has 0 amide bonds. The first-order valence-corrected chi connectivity index (χ1v) is 5.59. The Hall–Kier alpha value is -2.15. The number of aromatic nitrogens is 4. The average Bonchev–Trinajstić information content (AvgIpc) is 2.81. The van der Waals surface area contributed by atoms with Crippen LogP contribution in [0.5, 0.6) is 11.5 Å². The van der Waals surface area contributed by atoms with Crippen molar-refractivity contribution in [2.45, 2.75) is 25.9 Å². The molecule has 2 unspecified atom stereocenters. The smallest absolute Gasteiger partial charge is 0.191 e. The molecule has 0 aliphatic rings. The zero-order valence-corrected chi connectivity index (χ0v) is 10.1. The molecule has 96 valence electrons. The lowest BCUT2D eigenvalue weighted by molar-refractivity contribution is 0.423. The molecule has 0 spiro atoms. The normalized spacial score (nSPS) is 14.3. The van der Waals surface area contributed by atoms with Crippen LogP contribution in [0, 0.1) is 0 Å². The monoisotopic (exact) mass is 249 g/mol. The van der Waals surface area contributed by atoms with E-state index in [1.54, 1.807) is 6.07 Å². The van der Waals surface area contributed by atoms with Crippen molar-refractivity contribution in [3.63, 3.8) is 0 Å². The van der Waals surface area contributed by atoms with Crippen molar-refractivity contribution in [1.29, 1.82) is 0 Å². The van der Waals surface area contributed by atoms with E-state index in [-0.39, 0.29) is 23.6 Å². The fourth-order valence-electron chi connectivity index (χ4n) is 1.79. The molecular formula is C11H15N5O2. The minimum absolute atomic E-state index is 0.0367. The molecule has 2 atom stereocenters. The van der Waals surface area contributed by atoms with Crippen LogP contribution in [0.1, 0.15) is 37.3 Å². The summed E-state index contributed by atoms with van der Waals surface area (Å²) in [7, 11) is 0. The lowest BCUT2D eigenvalue weighted by Crippen LogP contribution is -2.23. The highest BCUT2D eigenvalue weighted by atomic mass is 16.3. The summed E-state index contributed by atoms with van der Waals surface area (Å²) in [5, 5.41) is 35.9. The summed E-state index contributed by atoms with van der Waals surface area (Å²) in [6, 6.07) is 4.30. The first kappa shape index (κ1) is 12.3. The Morgan fingerprint density at radius 2 is 2.00 bits per heavy atom. The first-order chi connectivity index (χ1) is 8.58.